The van der Waals surface area contributed by atoms with E-state index < -0.39 is 0 Å². The van der Waals surface area contributed by atoms with Crippen LogP contribution in [0.15, 0.2) is 30.3 Å². The van der Waals surface area contributed by atoms with E-state index >= 15 is 0 Å². The second-order valence-corrected chi connectivity index (χ2v) is 6.10. The van der Waals surface area contributed by atoms with Crippen LogP contribution in [0.5, 0.6) is 0 Å². The fourth-order valence-electron chi connectivity index (χ4n) is 1.90. The minimum absolute atomic E-state index is 0.218. The molecule has 0 radical (unpaired) electrons. The monoisotopic (exact) mass is 261 g/mol. The highest BCUT2D eigenvalue weighted by Gasteiger charge is 2.23. The van der Waals surface area contributed by atoms with Crippen molar-refractivity contribution in [1.82, 2.24) is 4.90 Å². The highest BCUT2D eigenvalue weighted by molar-refractivity contribution is 5.82. The molecule has 3 N–H and O–H groups in total. The predicted molar refractivity (Wildman–Crippen MR) is 82.3 cm³/mol. The largest absolute Gasteiger partial charge is 0.387 e. The Kier molecular flexibility index (Phi) is 5.55. The van der Waals surface area contributed by atoms with Crippen molar-refractivity contribution in [2.24, 2.45) is 11.1 Å². The minimum atomic E-state index is -0.218. The lowest BCUT2D eigenvalue weighted by Gasteiger charge is -2.31. The molecule has 0 unspecified atom stereocenters. The first-order valence-corrected chi connectivity index (χ1v) is 6.95. The zero-order valence-corrected chi connectivity index (χ0v) is 12.6. The predicted octanol–water partition coefficient (Wildman–Crippen LogP) is 3.25. The van der Waals surface area contributed by atoms with Crippen molar-refractivity contribution < 1.29 is 0 Å². The fraction of sp³-hybridized carbons (Fsp3) is 0.562. The maximum atomic E-state index is 7.63. The molecule has 1 rings (SSSR count). The Hall–Kier alpha value is -1.35. The van der Waals surface area contributed by atoms with Crippen molar-refractivity contribution >= 4 is 5.84 Å². The number of hydrogen-bond acceptors (Lipinski definition) is 2. The van der Waals surface area contributed by atoms with E-state index in [0.29, 0.717) is 6.04 Å². The lowest BCUT2D eigenvalue weighted by Crippen LogP contribution is -2.38. The van der Waals surface area contributed by atoms with Gasteiger partial charge in [0.1, 0.15) is 0 Å². The van der Waals surface area contributed by atoms with Crippen LogP contribution in [0.4, 0.5) is 0 Å². The quantitative estimate of drug-likeness (QED) is 0.585. The zero-order valence-electron chi connectivity index (χ0n) is 12.6. The molecule has 1 aromatic carbocycles. The van der Waals surface area contributed by atoms with Gasteiger partial charge < -0.3 is 5.73 Å². The lowest BCUT2D eigenvalue weighted by molar-refractivity contribution is 0.192. The van der Waals surface area contributed by atoms with Gasteiger partial charge in [0.05, 0.1) is 5.84 Å². The highest BCUT2D eigenvalue weighted by atomic mass is 15.1. The summed E-state index contributed by atoms with van der Waals surface area (Å²) in [6, 6.07) is 11.0. The molecule has 0 aromatic heterocycles. The van der Waals surface area contributed by atoms with Crippen molar-refractivity contribution in [1.29, 1.82) is 5.41 Å². The van der Waals surface area contributed by atoms with Crippen LogP contribution in [-0.4, -0.2) is 23.3 Å². The van der Waals surface area contributed by atoms with Crippen LogP contribution in [0.25, 0.3) is 0 Å². The molecule has 1 aromatic rings. The third-order valence-corrected chi connectivity index (χ3v) is 3.71. The van der Waals surface area contributed by atoms with Gasteiger partial charge in [0.25, 0.3) is 0 Å². The average Bonchev–Trinajstić information content (AvgIpc) is 2.35. The number of hydrogen-bond donors (Lipinski definition) is 2. The number of benzene rings is 1. The van der Waals surface area contributed by atoms with Gasteiger partial charge in [-0.2, -0.15) is 0 Å². The van der Waals surface area contributed by atoms with E-state index in [1.807, 2.05) is 19.9 Å². The van der Waals surface area contributed by atoms with E-state index in [4.69, 9.17) is 11.1 Å². The molecule has 0 aliphatic rings. The first kappa shape index (κ1) is 15.7. The second kappa shape index (κ2) is 6.71. The standard InChI is InChI=1S/C16H27N3/c1-13(2)19(11-10-16(3,4)15(17)18)12-14-8-6-5-7-9-14/h5-9,13H,10-12H2,1-4H3,(H3,17,18). The summed E-state index contributed by atoms with van der Waals surface area (Å²) in [7, 11) is 0. The van der Waals surface area contributed by atoms with Crippen molar-refractivity contribution in [3.05, 3.63) is 35.9 Å². The molecule has 106 valence electrons. The van der Waals surface area contributed by atoms with Crippen LogP contribution in [0.1, 0.15) is 39.7 Å². The summed E-state index contributed by atoms with van der Waals surface area (Å²) in [6.45, 7) is 10.4. The number of rotatable bonds is 7. The summed E-state index contributed by atoms with van der Waals surface area (Å²) in [5, 5.41) is 7.63. The molecule has 0 spiro atoms. The highest BCUT2D eigenvalue weighted by Crippen LogP contribution is 2.21. The molecule has 0 aliphatic heterocycles. The van der Waals surface area contributed by atoms with Gasteiger partial charge in [-0.3, -0.25) is 10.3 Å². The maximum absolute atomic E-state index is 7.63. The van der Waals surface area contributed by atoms with Gasteiger partial charge in [0, 0.05) is 18.0 Å². The van der Waals surface area contributed by atoms with Crippen molar-refractivity contribution in [2.45, 2.75) is 46.7 Å². The second-order valence-electron chi connectivity index (χ2n) is 6.10. The summed E-state index contributed by atoms with van der Waals surface area (Å²) in [5.41, 5.74) is 6.76. The molecule has 19 heavy (non-hydrogen) atoms. The molecular formula is C16H27N3. The molecule has 0 saturated carbocycles. The van der Waals surface area contributed by atoms with Gasteiger partial charge >= 0.3 is 0 Å². The van der Waals surface area contributed by atoms with E-state index in [2.05, 4.69) is 43.0 Å². The van der Waals surface area contributed by atoms with Gasteiger partial charge in [0.15, 0.2) is 0 Å². The Balaban J connectivity index is 2.62. The third-order valence-electron chi connectivity index (χ3n) is 3.71. The van der Waals surface area contributed by atoms with Crippen molar-refractivity contribution in [3.8, 4) is 0 Å². The van der Waals surface area contributed by atoms with E-state index in [0.717, 1.165) is 19.5 Å². The Labute approximate surface area is 117 Å². The zero-order chi connectivity index (χ0) is 14.5. The Morgan fingerprint density at radius 3 is 2.32 bits per heavy atom. The third kappa shape index (κ3) is 5.03. The van der Waals surface area contributed by atoms with Gasteiger partial charge in [-0.25, -0.2) is 0 Å². The number of nitrogens with zero attached hydrogens (tertiary/aromatic N) is 1. The van der Waals surface area contributed by atoms with E-state index in [-0.39, 0.29) is 11.3 Å². The van der Waals surface area contributed by atoms with Crippen molar-refractivity contribution in [2.75, 3.05) is 6.54 Å². The van der Waals surface area contributed by atoms with E-state index in [1.165, 1.54) is 5.56 Å². The minimum Gasteiger partial charge on any atom is -0.387 e. The Morgan fingerprint density at radius 2 is 1.84 bits per heavy atom. The van der Waals surface area contributed by atoms with Crippen LogP contribution in [0, 0.1) is 10.8 Å². The molecule has 0 aliphatic carbocycles. The maximum Gasteiger partial charge on any atom is 0.0963 e. The van der Waals surface area contributed by atoms with Crippen LogP contribution in [-0.2, 0) is 6.54 Å². The SMILES string of the molecule is CC(C)N(CCC(C)(C)C(=N)N)Cc1ccccc1. The molecule has 3 heteroatoms. The first-order valence-electron chi connectivity index (χ1n) is 6.95. The van der Waals surface area contributed by atoms with E-state index in [9.17, 15) is 0 Å². The number of nitrogens with two attached hydrogens (primary N) is 1. The molecule has 0 fully saturated rings. The fourth-order valence-corrected chi connectivity index (χ4v) is 1.90. The van der Waals surface area contributed by atoms with Crippen LogP contribution >= 0.6 is 0 Å². The average molecular weight is 261 g/mol. The smallest absolute Gasteiger partial charge is 0.0963 e. The van der Waals surface area contributed by atoms with E-state index in [1.54, 1.807) is 0 Å². The molecule has 0 amide bonds. The molecule has 3 nitrogen and oxygen atoms in total. The van der Waals surface area contributed by atoms with Crippen molar-refractivity contribution in [3.63, 3.8) is 0 Å². The first-order chi connectivity index (χ1) is 8.83. The lowest BCUT2D eigenvalue weighted by atomic mass is 9.87. The van der Waals surface area contributed by atoms with Gasteiger partial charge in [0.2, 0.25) is 0 Å². The topological polar surface area (TPSA) is 53.1 Å². The van der Waals surface area contributed by atoms with Crippen LogP contribution in [0.3, 0.4) is 0 Å². The van der Waals surface area contributed by atoms with Gasteiger partial charge in [-0.05, 0) is 32.4 Å². The molecule has 0 heterocycles. The molecule has 0 saturated heterocycles. The van der Waals surface area contributed by atoms with Gasteiger partial charge in [-0.1, -0.05) is 44.2 Å². The molecular weight excluding hydrogens is 234 g/mol. The molecule has 0 bridgehead atoms. The number of nitrogens with one attached hydrogen (secondary N) is 1. The Bertz CT molecular complexity index is 396. The summed E-state index contributed by atoms with van der Waals surface area (Å²) < 4.78 is 0. The van der Waals surface area contributed by atoms with Crippen LogP contribution < -0.4 is 5.73 Å². The summed E-state index contributed by atoms with van der Waals surface area (Å²) in [4.78, 5) is 2.43. The summed E-state index contributed by atoms with van der Waals surface area (Å²) in [6.07, 6.45) is 0.910. The normalized spacial score (nSPS) is 12.1. The summed E-state index contributed by atoms with van der Waals surface area (Å²) >= 11 is 0. The Morgan fingerprint density at radius 1 is 1.26 bits per heavy atom. The van der Waals surface area contributed by atoms with Gasteiger partial charge in [-0.15, -0.1) is 0 Å². The summed E-state index contributed by atoms with van der Waals surface area (Å²) in [5.74, 6) is 0.274. The molecule has 0 atom stereocenters. The number of amidine groups is 1. The van der Waals surface area contributed by atoms with Crippen LogP contribution in [0.2, 0.25) is 0 Å².